The molecule has 0 aliphatic heterocycles. The minimum Gasteiger partial charge on any atom is -0.356 e. The van der Waals surface area contributed by atoms with Crippen molar-refractivity contribution < 1.29 is 9.18 Å². The van der Waals surface area contributed by atoms with Gasteiger partial charge in [0.15, 0.2) is 0 Å². The van der Waals surface area contributed by atoms with Crippen LogP contribution in [0, 0.1) is 11.7 Å². The zero-order chi connectivity index (χ0) is 20.1. The Balaban J connectivity index is 1.95. The molecule has 0 radical (unpaired) electrons. The van der Waals surface area contributed by atoms with Crippen molar-refractivity contribution in [3.8, 4) is 0 Å². The molecule has 0 aliphatic rings. The highest BCUT2D eigenvalue weighted by Crippen LogP contribution is 2.34. The predicted octanol–water partition coefficient (Wildman–Crippen LogP) is 5.48. The molecule has 0 bridgehead atoms. The molecular weight excluding hydrogens is 351 g/mol. The van der Waals surface area contributed by atoms with Crippen LogP contribution in [0.15, 0.2) is 54.7 Å². The second-order valence-corrected chi connectivity index (χ2v) is 7.73. The summed E-state index contributed by atoms with van der Waals surface area (Å²) >= 11 is 0. The third-order valence-corrected chi connectivity index (χ3v) is 5.24. The van der Waals surface area contributed by atoms with E-state index >= 15 is 0 Å². The molecule has 1 heterocycles. The van der Waals surface area contributed by atoms with E-state index in [0.29, 0.717) is 18.9 Å². The summed E-state index contributed by atoms with van der Waals surface area (Å²) in [5.41, 5.74) is 3.23. The van der Waals surface area contributed by atoms with Crippen molar-refractivity contribution in [1.82, 2.24) is 9.88 Å². The van der Waals surface area contributed by atoms with Gasteiger partial charge in [0.2, 0.25) is 5.91 Å². The maximum atomic E-state index is 13.5. The summed E-state index contributed by atoms with van der Waals surface area (Å²) in [5.74, 6) is 0.205. The molecule has 3 nitrogen and oxygen atoms in total. The largest absolute Gasteiger partial charge is 0.356 e. The van der Waals surface area contributed by atoms with E-state index in [0.717, 1.165) is 35.0 Å². The molecule has 1 amide bonds. The lowest BCUT2D eigenvalue weighted by atomic mass is 9.88. The van der Waals surface area contributed by atoms with Gasteiger partial charge in [-0.15, -0.1) is 0 Å². The summed E-state index contributed by atoms with van der Waals surface area (Å²) < 4.78 is 15.7. The number of fused-ring (bicyclic) bond motifs is 1. The summed E-state index contributed by atoms with van der Waals surface area (Å²) in [5, 5.41) is 4.19. The number of aryl methyl sites for hydroxylation is 1. The van der Waals surface area contributed by atoms with Crippen molar-refractivity contribution in [1.29, 1.82) is 0 Å². The number of rotatable bonds is 8. The fraction of sp³-hybridized carbons (Fsp3) is 0.375. The van der Waals surface area contributed by atoms with Crippen LogP contribution < -0.4 is 5.32 Å². The Kier molecular flexibility index (Phi) is 6.50. The first-order valence-electron chi connectivity index (χ1n) is 10.1. The molecule has 4 heteroatoms. The molecule has 3 rings (SSSR count). The van der Waals surface area contributed by atoms with E-state index in [1.807, 2.05) is 12.1 Å². The van der Waals surface area contributed by atoms with Crippen molar-refractivity contribution in [2.24, 2.45) is 5.92 Å². The van der Waals surface area contributed by atoms with Crippen LogP contribution in [0.1, 0.15) is 50.7 Å². The Bertz CT molecular complexity index is 927. The van der Waals surface area contributed by atoms with Gasteiger partial charge in [0.05, 0.1) is 0 Å². The molecule has 1 aromatic heterocycles. The van der Waals surface area contributed by atoms with E-state index in [4.69, 9.17) is 0 Å². The second kappa shape index (κ2) is 9.05. The molecule has 2 aromatic carbocycles. The van der Waals surface area contributed by atoms with Gasteiger partial charge in [0.25, 0.3) is 0 Å². The Hall–Kier alpha value is -2.62. The third-order valence-electron chi connectivity index (χ3n) is 5.24. The van der Waals surface area contributed by atoms with Gasteiger partial charge in [-0.2, -0.15) is 0 Å². The van der Waals surface area contributed by atoms with Crippen molar-refractivity contribution in [3.05, 3.63) is 71.7 Å². The van der Waals surface area contributed by atoms with Gasteiger partial charge in [0.1, 0.15) is 5.82 Å². The van der Waals surface area contributed by atoms with Gasteiger partial charge in [-0.05, 0) is 48.6 Å². The number of amides is 1. The lowest BCUT2D eigenvalue weighted by molar-refractivity contribution is -0.121. The minimum atomic E-state index is -0.264. The Morgan fingerprint density at radius 3 is 2.50 bits per heavy atom. The van der Waals surface area contributed by atoms with E-state index in [9.17, 15) is 9.18 Å². The van der Waals surface area contributed by atoms with Crippen LogP contribution in [0.25, 0.3) is 10.9 Å². The fourth-order valence-electron chi connectivity index (χ4n) is 3.67. The SMILES string of the molecule is CCn1cc([C@@H](CC(=O)NCCC(C)C)c2ccc(F)cc2)c2ccccc21. The van der Waals surface area contributed by atoms with Crippen molar-refractivity contribution in [3.63, 3.8) is 0 Å². The summed E-state index contributed by atoms with van der Waals surface area (Å²) in [6, 6.07) is 14.8. The number of para-hydroxylation sites is 1. The number of nitrogens with one attached hydrogen (secondary N) is 1. The van der Waals surface area contributed by atoms with Crippen LogP contribution in [0.2, 0.25) is 0 Å². The highest BCUT2D eigenvalue weighted by Gasteiger charge is 2.22. The average Bonchev–Trinajstić information content (AvgIpc) is 3.05. The highest BCUT2D eigenvalue weighted by atomic mass is 19.1. The van der Waals surface area contributed by atoms with Crippen LogP contribution in [0.4, 0.5) is 4.39 Å². The number of carbonyl (C=O) groups excluding carboxylic acids is 1. The van der Waals surface area contributed by atoms with Crippen LogP contribution in [0.5, 0.6) is 0 Å². The number of halogens is 1. The van der Waals surface area contributed by atoms with Gasteiger partial charge in [-0.3, -0.25) is 4.79 Å². The molecule has 1 N–H and O–H groups in total. The Labute approximate surface area is 166 Å². The van der Waals surface area contributed by atoms with Crippen molar-refractivity contribution in [2.45, 2.75) is 46.1 Å². The van der Waals surface area contributed by atoms with Crippen molar-refractivity contribution >= 4 is 16.8 Å². The van der Waals surface area contributed by atoms with Gasteiger partial charge in [-0.25, -0.2) is 4.39 Å². The maximum absolute atomic E-state index is 13.5. The van der Waals surface area contributed by atoms with E-state index in [-0.39, 0.29) is 17.6 Å². The number of aromatic nitrogens is 1. The first kappa shape index (κ1) is 20.1. The average molecular weight is 381 g/mol. The van der Waals surface area contributed by atoms with Gasteiger partial charge in [0, 0.05) is 42.5 Å². The number of nitrogens with zero attached hydrogens (tertiary/aromatic N) is 1. The molecule has 0 spiro atoms. The van der Waals surface area contributed by atoms with E-state index in [1.54, 1.807) is 12.1 Å². The fourth-order valence-corrected chi connectivity index (χ4v) is 3.67. The topological polar surface area (TPSA) is 34.0 Å². The van der Waals surface area contributed by atoms with Crippen LogP contribution in [0.3, 0.4) is 0 Å². The standard InChI is InChI=1S/C24H29FN2O/c1-4-27-16-22(20-7-5-6-8-23(20)27)21(18-9-11-19(25)12-10-18)15-24(28)26-14-13-17(2)3/h5-12,16-17,21H,4,13-15H2,1-3H3,(H,26,28)/t21-/m0/s1. The Morgan fingerprint density at radius 1 is 1.11 bits per heavy atom. The summed E-state index contributed by atoms with van der Waals surface area (Å²) in [6.07, 6.45) is 3.45. The molecular formula is C24H29FN2O. The van der Waals surface area contributed by atoms with Crippen LogP contribution >= 0.6 is 0 Å². The number of hydrogen-bond donors (Lipinski definition) is 1. The van der Waals surface area contributed by atoms with E-state index < -0.39 is 0 Å². The number of hydrogen-bond acceptors (Lipinski definition) is 1. The lowest BCUT2D eigenvalue weighted by Gasteiger charge is -2.17. The monoisotopic (exact) mass is 380 g/mol. The summed E-state index contributed by atoms with van der Waals surface area (Å²) in [7, 11) is 0. The molecule has 0 fully saturated rings. The molecule has 0 aliphatic carbocycles. The third kappa shape index (κ3) is 4.61. The molecule has 28 heavy (non-hydrogen) atoms. The zero-order valence-corrected chi connectivity index (χ0v) is 16.9. The van der Waals surface area contributed by atoms with Gasteiger partial charge >= 0.3 is 0 Å². The smallest absolute Gasteiger partial charge is 0.220 e. The molecule has 3 aromatic rings. The molecule has 0 unspecified atom stereocenters. The molecule has 0 saturated carbocycles. The van der Waals surface area contributed by atoms with Crippen LogP contribution in [-0.2, 0) is 11.3 Å². The van der Waals surface area contributed by atoms with Gasteiger partial charge in [-0.1, -0.05) is 44.2 Å². The molecule has 0 saturated heterocycles. The maximum Gasteiger partial charge on any atom is 0.220 e. The number of benzene rings is 2. The minimum absolute atomic E-state index is 0.0308. The van der Waals surface area contributed by atoms with Crippen molar-refractivity contribution in [2.75, 3.05) is 6.54 Å². The predicted molar refractivity (Wildman–Crippen MR) is 113 cm³/mol. The molecule has 148 valence electrons. The number of carbonyl (C=O) groups is 1. The molecule has 1 atom stereocenters. The highest BCUT2D eigenvalue weighted by molar-refractivity contribution is 5.86. The van der Waals surface area contributed by atoms with Crippen LogP contribution in [-0.4, -0.2) is 17.0 Å². The second-order valence-electron chi connectivity index (χ2n) is 7.73. The first-order valence-corrected chi connectivity index (χ1v) is 10.1. The quantitative estimate of drug-likeness (QED) is 0.551. The first-order chi connectivity index (χ1) is 13.5. The van der Waals surface area contributed by atoms with E-state index in [2.05, 4.69) is 49.0 Å². The van der Waals surface area contributed by atoms with Gasteiger partial charge < -0.3 is 9.88 Å². The summed E-state index contributed by atoms with van der Waals surface area (Å²) in [6.45, 7) is 7.95. The normalized spacial score (nSPS) is 12.5. The van der Waals surface area contributed by atoms with E-state index in [1.165, 1.54) is 12.1 Å². The zero-order valence-electron chi connectivity index (χ0n) is 16.9. The summed E-state index contributed by atoms with van der Waals surface area (Å²) in [4.78, 5) is 12.7. The Morgan fingerprint density at radius 2 is 1.82 bits per heavy atom. The lowest BCUT2D eigenvalue weighted by Crippen LogP contribution is -2.27.